The van der Waals surface area contributed by atoms with Gasteiger partial charge in [-0.15, -0.1) is 0 Å². The van der Waals surface area contributed by atoms with Gasteiger partial charge < -0.3 is 14.3 Å². The maximum Gasteiger partial charge on any atom is 0.157 e. The number of carbonyl (C=O) groups is 1. The third-order valence-corrected chi connectivity index (χ3v) is 2.42. The highest BCUT2D eigenvalue weighted by molar-refractivity contribution is 5.52. The zero-order valence-electron chi connectivity index (χ0n) is 9.35. The van der Waals surface area contributed by atoms with Crippen molar-refractivity contribution in [1.29, 1.82) is 0 Å². The maximum atomic E-state index is 10.3. The van der Waals surface area contributed by atoms with Gasteiger partial charge >= 0.3 is 0 Å². The van der Waals surface area contributed by atoms with E-state index in [9.17, 15) is 4.79 Å². The summed E-state index contributed by atoms with van der Waals surface area (Å²) in [6.45, 7) is 3.30. The van der Waals surface area contributed by atoms with Gasteiger partial charge in [0.1, 0.15) is 6.29 Å². The molecule has 1 saturated heterocycles. The summed E-state index contributed by atoms with van der Waals surface area (Å²) in [5.41, 5.74) is 0. The van der Waals surface area contributed by atoms with Crippen LogP contribution in [-0.4, -0.2) is 25.8 Å². The molecule has 0 aromatic carbocycles. The molecule has 3 heteroatoms. The summed E-state index contributed by atoms with van der Waals surface area (Å²) in [5.74, 6) is 0.104. The lowest BCUT2D eigenvalue weighted by Gasteiger charge is -2.21. The van der Waals surface area contributed by atoms with Gasteiger partial charge in [-0.1, -0.05) is 19.1 Å². The molecule has 0 aromatic rings. The molecule has 0 aromatic heterocycles. The zero-order valence-corrected chi connectivity index (χ0v) is 9.35. The Hall–Kier alpha value is -0.670. The van der Waals surface area contributed by atoms with Gasteiger partial charge in [0.25, 0.3) is 0 Å². The first kappa shape index (κ1) is 12.4. The molecule has 15 heavy (non-hydrogen) atoms. The van der Waals surface area contributed by atoms with Crippen LogP contribution in [0.5, 0.6) is 0 Å². The van der Waals surface area contributed by atoms with Gasteiger partial charge in [0.2, 0.25) is 0 Å². The molecule has 0 bridgehead atoms. The van der Waals surface area contributed by atoms with Crippen molar-refractivity contribution in [3.8, 4) is 0 Å². The van der Waals surface area contributed by atoms with Gasteiger partial charge in [-0.25, -0.2) is 0 Å². The molecule has 1 unspecified atom stereocenters. The van der Waals surface area contributed by atoms with E-state index in [2.05, 4.69) is 0 Å². The molecule has 0 radical (unpaired) electrons. The summed E-state index contributed by atoms with van der Waals surface area (Å²) < 4.78 is 10.9. The lowest BCUT2D eigenvalue weighted by atomic mass is 10.1. The fourth-order valence-electron chi connectivity index (χ4n) is 1.44. The van der Waals surface area contributed by atoms with E-state index in [4.69, 9.17) is 9.47 Å². The minimum absolute atomic E-state index is 0.0214. The van der Waals surface area contributed by atoms with E-state index < -0.39 is 0 Å². The molecular weight excluding hydrogens is 192 g/mol. The average molecular weight is 212 g/mol. The summed E-state index contributed by atoms with van der Waals surface area (Å²) >= 11 is 0. The maximum absolute atomic E-state index is 10.3. The van der Waals surface area contributed by atoms with Crippen molar-refractivity contribution in [3.05, 3.63) is 12.2 Å². The summed E-state index contributed by atoms with van der Waals surface area (Å²) in [6.07, 6.45) is 9.02. The zero-order chi connectivity index (χ0) is 10.9. The lowest BCUT2D eigenvalue weighted by Crippen LogP contribution is -2.22. The van der Waals surface area contributed by atoms with Crippen LogP contribution in [0.15, 0.2) is 12.2 Å². The second-order valence-corrected chi connectivity index (χ2v) is 3.95. The molecule has 86 valence electrons. The average Bonchev–Trinajstić information content (AvgIpc) is 2.29. The standard InChI is InChI=1S/C12H20O3/c1-11(10-13)6-2-4-8-14-12-7-3-5-9-15-12/h2,4,10-12H,3,5-9H2,1H3/b4-2-/t11-,12?/m1/s1. The van der Waals surface area contributed by atoms with Crippen LogP contribution in [0.2, 0.25) is 0 Å². The Bertz CT molecular complexity index is 195. The lowest BCUT2D eigenvalue weighted by molar-refractivity contribution is -0.155. The number of ether oxygens (including phenoxy) is 2. The SMILES string of the molecule is C[C@@H](C=O)C/C=C\COC1CCCCO1. The van der Waals surface area contributed by atoms with Gasteiger partial charge in [-0.2, -0.15) is 0 Å². The molecule has 0 N–H and O–H groups in total. The Morgan fingerprint density at radius 1 is 1.47 bits per heavy atom. The van der Waals surface area contributed by atoms with Crippen molar-refractivity contribution in [2.75, 3.05) is 13.2 Å². The van der Waals surface area contributed by atoms with Crippen molar-refractivity contribution in [3.63, 3.8) is 0 Å². The number of rotatable bonds is 6. The molecule has 1 fully saturated rings. The second-order valence-electron chi connectivity index (χ2n) is 3.95. The molecular formula is C12H20O3. The van der Waals surface area contributed by atoms with Crippen LogP contribution in [0.1, 0.15) is 32.6 Å². The Balaban J connectivity index is 2.01. The fraction of sp³-hybridized carbons (Fsp3) is 0.750. The molecule has 1 aliphatic rings. The predicted molar refractivity (Wildman–Crippen MR) is 58.5 cm³/mol. The van der Waals surface area contributed by atoms with Crippen LogP contribution in [0.3, 0.4) is 0 Å². The van der Waals surface area contributed by atoms with Crippen LogP contribution in [0.4, 0.5) is 0 Å². The summed E-state index contributed by atoms with van der Waals surface area (Å²) in [5, 5.41) is 0. The highest BCUT2D eigenvalue weighted by Crippen LogP contribution is 2.13. The Labute approximate surface area is 91.4 Å². The fourth-order valence-corrected chi connectivity index (χ4v) is 1.44. The normalized spacial score (nSPS) is 24.2. The Morgan fingerprint density at radius 2 is 2.33 bits per heavy atom. The van der Waals surface area contributed by atoms with E-state index in [0.717, 1.165) is 32.2 Å². The summed E-state index contributed by atoms with van der Waals surface area (Å²) in [4.78, 5) is 10.3. The van der Waals surface area contributed by atoms with Gasteiger partial charge in [0.15, 0.2) is 6.29 Å². The van der Waals surface area contributed by atoms with Crippen molar-refractivity contribution in [1.82, 2.24) is 0 Å². The third kappa shape index (κ3) is 5.70. The van der Waals surface area contributed by atoms with Crippen molar-refractivity contribution in [2.45, 2.75) is 38.9 Å². The molecule has 0 amide bonds. The summed E-state index contributed by atoms with van der Waals surface area (Å²) in [7, 11) is 0. The smallest absolute Gasteiger partial charge is 0.157 e. The van der Waals surface area contributed by atoms with E-state index in [1.165, 1.54) is 6.42 Å². The number of hydrogen-bond acceptors (Lipinski definition) is 3. The molecule has 0 saturated carbocycles. The van der Waals surface area contributed by atoms with Crippen LogP contribution in [-0.2, 0) is 14.3 Å². The van der Waals surface area contributed by atoms with Crippen LogP contribution >= 0.6 is 0 Å². The number of aldehydes is 1. The first-order valence-corrected chi connectivity index (χ1v) is 5.66. The number of allylic oxidation sites excluding steroid dienone is 1. The van der Waals surface area contributed by atoms with Crippen LogP contribution < -0.4 is 0 Å². The van der Waals surface area contributed by atoms with Crippen molar-refractivity contribution >= 4 is 6.29 Å². The molecule has 1 rings (SSSR count). The quantitative estimate of drug-likeness (QED) is 0.500. The number of hydrogen-bond donors (Lipinski definition) is 0. The van der Waals surface area contributed by atoms with Gasteiger partial charge in [-0.05, 0) is 25.7 Å². The van der Waals surface area contributed by atoms with Gasteiger partial charge in [0.05, 0.1) is 6.61 Å². The Morgan fingerprint density at radius 3 is 3.00 bits per heavy atom. The molecule has 1 heterocycles. The first-order valence-electron chi connectivity index (χ1n) is 5.66. The highest BCUT2D eigenvalue weighted by atomic mass is 16.7. The van der Waals surface area contributed by atoms with Gasteiger partial charge in [0, 0.05) is 12.5 Å². The minimum atomic E-state index is -0.0214. The van der Waals surface area contributed by atoms with Crippen LogP contribution in [0, 0.1) is 5.92 Å². The third-order valence-electron chi connectivity index (χ3n) is 2.42. The molecule has 1 aliphatic heterocycles. The van der Waals surface area contributed by atoms with E-state index in [-0.39, 0.29) is 12.2 Å². The van der Waals surface area contributed by atoms with Gasteiger partial charge in [-0.3, -0.25) is 0 Å². The van der Waals surface area contributed by atoms with E-state index in [0.29, 0.717) is 6.61 Å². The molecule has 0 spiro atoms. The topological polar surface area (TPSA) is 35.5 Å². The molecule has 2 atom stereocenters. The van der Waals surface area contributed by atoms with E-state index >= 15 is 0 Å². The second kappa shape index (κ2) is 7.60. The Kier molecular flexibility index (Phi) is 6.28. The van der Waals surface area contributed by atoms with Crippen molar-refractivity contribution < 1.29 is 14.3 Å². The number of carbonyl (C=O) groups excluding carboxylic acids is 1. The van der Waals surface area contributed by atoms with Crippen molar-refractivity contribution in [2.24, 2.45) is 5.92 Å². The van der Waals surface area contributed by atoms with E-state index in [1.807, 2.05) is 19.1 Å². The van der Waals surface area contributed by atoms with E-state index in [1.54, 1.807) is 0 Å². The first-order chi connectivity index (χ1) is 7.33. The molecule has 0 aliphatic carbocycles. The predicted octanol–water partition coefficient (Wildman–Crippen LogP) is 2.31. The monoisotopic (exact) mass is 212 g/mol. The summed E-state index contributed by atoms with van der Waals surface area (Å²) in [6, 6.07) is 0. The molecule has 3 nitrogen and oxygen atoms in total. The highest BCUT2D eigenvalue weighted by Gasteiger charge is 2.12. The largest absolute Gasteiger partial charge is 0.353 e. The van der Waals surface area contributed by atoms with Crippen LogP contribution in [0.25, 0.3) is 0 Å². The minimum Gasteiger partial charge on any atom is -0.353 e.